The number of nitrogens with one attached hydrogen (secondary N) is 1. The minimum atomic E-state index is -3.29. The first-order chi connectivity index (χ1) is 7.53. The Labute approximate surface area is 100 Å². The largest absolute Gasteiger partial charge is 0.212 e. The van der Waals surface area contributed by atoms with E-state index in [1.807, 2.05) is 0 Å². The number of halogens is 1. The van der Waals surface area contributed by atoms with Gasteiger partial charge in [-0.25, -0.2) is 13.1 Å². The van der Waals surface area contributed by atoms with Crippen molar-refractivity contribution >= 4 is 21.6 Å². The summed E-state index contributed by atoms with van der Waals surface area (Å²) < 4.78 is 25.6. The molecule has 1 unspecified atom stereocenters. The van der Waals surface area contributed by atoms with Gasteiger partial charge >= 0.3 is 0 Å². The number of nitrogens with zero attached hydrogens (tertiary/aromatic N) is 2. The third-order valence-electron chi connectivity index (χ3n) is 1.87. The van der Waals surface area contributed by atoms with Gasteiger partial charge in [0.15, 0.2) is 0 Å². The van der Waals surface area contributed by atoms with Crippen LogP contribution in [-0.4, -0.2) is 30.2 Å². The molecule has 1 rings (SSSR count). The first-order valence-electron chi connectivity index (χ1n) is 4.83. The molecule has 0 fully saturated rings. The lowest BCUT2D eigenvalue weighted by molar-refractivity contribution is 0.567. The lowest BCUT2D eigenvalue weighted by Crippen LogP contribution is -2.29. The van der Waals surface area contributed by atoms with Crippen molar-refractivity contribution in [2.45, 2.75) is 13.5 Å². The van der Waals surface area contributed by atoms with E-state index < -0.39 is 10.0 Å². The first kappa shape index (κ1) is 13.3. The summed E-state index contributed by atoms with van der Waals surface area (Å²) in [6, 6.07) is 3.42. The van der Waals surface area contributed by atoms with E-state index in [1.54, 1.807) is 19.1 Å². The van der Waals surface area contributed by atoms with E-state index in [0.717, 1.165) is 0 Å². The normalized spacial score (nSPS) is 13.6. The molecule has 0 aliphatic heterocycles. The minimum absolute atomic E-state index is 0.0246. The van der Waals surface area contributed by atoms with E-state index in [2.05, 4.69) is 14.9 Å². The average Bonchev–Trinajstić information content (AvgIpc) is 2.27. The fraction of sp³-hybridized carbons (Fsp3) is 0.556. The Kier molecular flexibility index (Phi) is 5.11. The van der Waals surface area contributed by atoms with Gasteiger partial charge in [0.2, 0.25) is 10.0 Å². The smallest absolute Gasteiger partial charge is 0.212 e. The average molecular weight is 264 g/mol. The van der Waals surface area contributed by atoms with Crippen molar-refractivity contribution in [2.24, 2.45) is 5.92 Å². The summed E-state index contributed by atoms with van der Waals surface area (Å²) in [4.78, 5) is 0. The third-order valence-corrected chi connectivity index (χ3v) is 3.99. The van der Waals surface area contributed by atoms with Gasteiger partial charge in [-0.05, 0) is 18.1 Å². The highest BCUT2D eigenvalue weighted by molar-refractivity contribution is 7.89. The molecular formula is C9H14ClN3O2S. The molecule has 0 aliphatic carbocycles. The number of rotatable bonds is 6. The van der Waals surface area contributed by atoms with E-state index in [1.165, 1.54) is 6.20 Å². The van der Waals surface area contributed by atoms with E-state index >= 15 is 0 Å². The van der Waals surface area contributed by atoms with Crippen LogP contribution in [0.2, 0.25) is 0 Å². The standard InChI is InChI=1S/C9H14ClN3O2S/c1-8(5-10)7-16(14,15)12-6-9-3-2-4-11-13-9/h2-4,8,12H,5-7H2,1H3. The van der Waals surface area contributed by atoms with Crippen molar-refractivity contribution in [3.63, 3.8) is 0 Å². The van der Waals surface area contributed by atoms with Crippen molar-refractivity contribution in [1.82, 2.24) is 14.9 Å². The molecule has 0 aliphatic rings. The number of hydrogen-bond acceptors (Lipinski definition) is 4. The molecule has 5 nitrogen and oxygen atoms in total. The molecule has 0 spiro atoms. The van der Waals surface area contributed by atoms with Crippen molar-refractivity contribution in [2.75, 3.05) is 11.6 Å². The lowest BCUT2D eigenvalue weighted by Gasteiger charge is -2.09. The number of aromatic nitrogens is 2. The van der Waals surface area contributed by atoms with Gasteiger partial charge in [-0.3, -0.25) is 0 Å². The molecule has 0 amide bonds. The van der Waals surface area contributed by atoms with E-state index in [4.69, 9.17) is 11.6 Å². The molecule has 1 aromatic rings. The van der Waals surface area contributed by atoms with Crippen LogP contribution in [-0.2, 0) is 16.6 Å². The summed E-state index contributed by atoms with van der Waals surface area (Å²) in [6.45, 7) is 1.94. The van der Waals surface area contributed by atoms with E-state index in [0.29, 0.717) is 11.6 Å². The summed E-state index contributed by atoms with van der Waals surface area (Å²) in [5.74, 6) is 0.282. The van der Waals surface area contributed by atoms with Gasteiger partial charge in [-0.2, -0.15) is 10.2 Å². The molecule has 0 radical (unpaired) electrons. The lowest BCUT2D eigenvalue weighted by atomic mass is 10.3. The van der Waals surface area contributed by atoms with Gasteiger partial charge in [0.25, 0.3) is 0 Å². The highest BCUT2D eigenvalue weighted by Gasteiger charge is 2.14. The van der Waals surface area contributed by atoms with Crippen LogP contribution in [0, 0.1) is 5.92 Å². The van der Waals surface area contributed by atoms with Crippen LogP contribution in [0.4, 0.5) is 0 Å². The van der Waals surface area contributed by atoms with Gasteiger partial charge in [0, 0.05) is 12.1 Å². The van der Waals surface area contributed by atoms with Crippen LogP contribution in [0.3, 0.4) is 0 Å². The summed E-state index contributed by atoms with van der Waals surface area (Å²) in [6.07, 6.45) is 1.54. The van der Waals surface area contributed by atoms with Crippen LogP contribution >= 0.6 is 11.6 Å². The predicted octanol–water partition coefficient (Wildman–Crippen LogP) is 0.771. The Morgan fingerprint density at radius 2 is 2.31 bits per heavy atom. The molecule has 0 aromatic carbocycles. The molecule has 1 N–H and O–H groups in total. The number of alkyl halides is 1. The second-order valence-electron chi connectivity index (χ2n) is 3.58. The second-order valence-corrected chi connectivity index (χ2v) is 5.74. The molecule has 0 saturated heterocycles. The quantitative estimate of drug-likeness (QED) is 0.770. The van der Waals surface area contributed by atoms with Crippen LogP contribution < -0.4 is 4.72 Å². The summed E-state index contributed by atoms with van der Waals surface area (Å²) in [7, 11) is -3.29. The molecule has 7 heteroatoms. The highest BCUT2D eigenvalue weighted by atomic mass is 35.5. The monoisotopic (exact) mass is 263 g/mol. The minimum Gasteiger partial charge on any atom is -0.212 e. The van der Waals surface area contributed by atoms with Crippen LogP contribution in [0.15, 0.2) is 18.3 Å². The van der Waals surface area contributed by atoms with Crippen LogP contribution in [0.1, 0.15) is 12.6 Å². The summed E-state index contributed by atoms with van der Waals surface area (Å²) >= 11 is 5.56. The molecule has 0 bridgehead atoms. The van der Waals surface area contributed by atoms with Crippen molar-refractivity contribution in [1.29, 1.82) is 0 Å². The molecule has 1 aromatic heterocycles. The predicted molar refractivity (Wildman–Crippen MR) is 62.5 cm³/mol. The molecular weight excluding hydrogens is 250 g/mol. The van der Waals surface area contributed by atoms with Crippen molar-refractivity contribution in [3.8, 4) is 0 Å². The zero-order valence-corrected chi connectivity index (χ0v) is 10.5. The SMILES string of the molecule is CC(CCl)CS(=O)(=O)NCc1cccnn1. The fourth-order valence-corrected chi connectivity index (χ4v) is 2.68. The fourth-order valence-electron chi connectivity index (χ4n) is 1.09. The third kappa shape index (κ3) is 4.87. The Hall–Kier alpha value is -0.720. The Balaban J connectivity index is 2.49. The maximum absolute atomic E-state index is 11.6. The molecule has 1 atom stereocenters. The maximum Gasteiger partial charge on any atom is 0.212 e. The molecule has 16 heavy (non-hydrogen) atoms. The van der Waals surface area contributed by atoms with Crippen LogP contribution in [0.5, 0.6) is 0 Å². The van der Waals surface area contributed by atoms with Gasteiger partial charge in [0.1, 0.15) is 0 Å². The van der Waals surface area contributed by atoms with Gasteiger partial charge < -0.3 is 0 Å². The van der Waals surface area contributed by atoms with Gasteiger partial charge in [0.05, 0.1) is 18.0 Å². The first-order valence-corrected chi connectivity index (χ1v) is 7.02. The molecule has 90 valence electrons. The zero-order chi connectivity index (χ0) is 12.0. The summed E-state index contributed by atoms with van der Waals surface area (Å²) in [5, 5.41) is 7.43. The highest BCUT2D eigenvalue weighted by Crippen LogP contribution is 2.02. The Morgan fingerprint density at radius 3 is 2.88 bits per heavy atom. The maximum atomic E-state index is 11.6. The Morgan fingerprint density at radius 1 is 1.56 bits per heavy atom. The topological polar surface area (TPSA) is 72.0 Å². The van der Waals surface area contributed by atoms with Gasteiger partial charge in [-0.15, -0.1) is 11.6 Å². The van der Waals surface area contributed by atoms with Crippen molar-refractivity contribution in [3.05, 3.63) is 24.0 Å². The Bertz CT molecular complexity index is 410. The van der Waals surface area contributed by atoms with Crippen molar-refractivity contribution < 1.29 is 8.42 Å². The summed E-state index contributed by atoms with van der Waals surface area (Å²) in [5.41, 5.74) is 0.588. The number of sulfonamides is 1. The second kappa shape index (κ2) is 6.12. The van der Waals surface area contributed by atoms with Gasteiger partial charge in [-0.1, -0.05) is 6.92 Å². The van der Waals surface area contributed by atoms with Crippen LogP contribution in [0.25, 0.3) is 0 Å². The zero-order valence-electron chi connectivity index (χ0n) is 8.93. The van der Waals surface area contributed by atoms with E-state index in [-0.39, 0.29) is 18.2 Å². The number of hydrogen-bond donors (Lipinski definition) is 1. The molecule has 0 saturated carbocycles. The molecule has 1 heterocycles. The van der Waals surface area contributed by atoms with E-state index in [9.17, 15) is 8.42 Å².